The van der Waals surface area contributed by atoms with Gasteiger partial charge in [-0.05, 0) is 49.2 Å². The molecule has 128 valence electrons. The predicted octanol–water partition coefficient (Wildman–Crippen LogP) is 4.84. The number of anilines is 1. The van der Waals surface area contributed by atoms with Gasteiger partial charge in [-0.2, -0.15) is 0 Å². The lowest BCUT2D eigenvalue weighted by Gasteiger charge is -2.12. The zero-order valence-electron chi connectivity index (χ0n) is 14.2. The quantitative estimate of drug-likeness (QED) is 0.729. The van der Waals surface area contributed by atoms with Gasteiger partial charge in [0.05, 0.1) is 13.7 Å². The summed E-state index contributed by atoms with van der Waals surface area (Å²) in [6, 6.07) is 10.7. The topological polar surface area (TPSA) is 47.6 Å². The molecule has 2 aromatic rings. The summed E-state index contributed by atoms with van der Waals surface area (Å²) in [7, 11) is 1.60. The van der Waals surface area contributed by atoms with Crippen LogP contribution < -0.4 is 10.1 Å². The molecule has 24 heavy (non-hydrogen) atoms. The number of hydrogen-bond donors (Lipinski definition) is 1. The molecule has 0 spiro atoms. The minimum atomic E-state index is -0.195. The van der Waals surface area contributed by atoms with Crippen LogP contribution in [0.5, 0.6) is 5.75 Å². The first kappa shape index (κ1) is 18.3. The van der Waals surface area contributed by atoms with Crippen LogP contribution in [0.4, 0.5) is 5.69 Å². The number of amides is 1. The van der Waals surface area contributed by atoms with Gasteiger partial charge in [0.25, 0.3) is 5.91 Å². The maximum Gasteiger partial charge on any atom is 0.255 e. The van der Waals surface area contributed by atoms with Crippen molar-refractivity contribution in [1.29, 1.82) is 0 Å². The van der Waals surface area contributed by atoms with E-state index in [-0.39, 0.29) is 5.91 Å². The Hall–Kier alpha value is -2.04. The number of ether oxygens (including phenoxy) is 2. The molecule has 0 aliphatic heterocycles. The van der Waals surface area contributed by atoms with Gasteiger partial charge in [0.1, 0.15) is 5.75 Å². The van der Waals surface area contributed by atoms with Crippen LogP contribution in [-0.4, -0.2) is 19.6 Å². The number of hydrogen-bond acceptors (Lipinski definition) is 3. The molecule has 0 bridgehead atoms. The van der Waals surface area contributed by atoms with E-state index in [1.54, 1.807) is 37.4 Å². The van der Waals surface area contributed by atoms with Gasteiger partial charge < -0.3 is 14.8 Å². The van der Waals surface area contributed by atoms with E-state index in [0.29, 0.717) is 35.2 Å². The molecule has 2 rings (SSSR count). The van der Waals surface area contributed by atoms with E-state index >= 15 is 0 Å². The Balaban J connectivity index is 2.19. The van der Waals surface area contributed by atoms with Crippen molar-refractivity contribution < 1.29 is 14.3 Å². The molecule has 0 radical (unpaired) electrons. The predicted molar refractivity (Wildman–Crippen MR) is 97.1 cm³/mol. The molecule has 0 heterocycles. The zero-order chi connectivity index (χ0) is 17.5. The van der Waals surface area contributed by atoms with Gasteiger partial charge >= 0.3 is 0 Å². The maximum absolute atomic E-state index is 12.5. The van der Waals surface area contributed by atoms with Crippen molar-refractivity contribution in [2.24, 2.45) is 0 Å². The molecule has 0 unspecified atom stereocenters. The van der Waals surface area contributed by atoms with Crippen molar-refractivity contribution in [2.45, 2.75) is 26.9 Å². The standard InChI is InChI=1S/C19H22ClNO3/c1-4-9-24-12-15-10-14(6-8-18(15)23-3)19(22)21-17-11-16(20)7-5-13(17)2/h5-8,10-11H,4,9,12H2,1-3H3,(H,21,22). The molecule has 0 aliphatic rings. The Bertz CT molecular complexity index is 716. The van der Waals surface area contributed by atoms with Crippen LogP contribution in [0.25, 0.3) is 0 Å². The highest BCUT2D eigenvalue weighted by molar-refractivity contribution is 6.31. The van der Waals surface area contributed by atoms with E-state index in [0.717, 1.165) is 17.5 Å². The summed E-state index contributed by atoms with van der Waals surface area (Å²) in [5.74, 6) is 0.515. The fraction of sp³-hybridized carbons (Fsp3) is 0.316. The number of rotatable bonds is 7. The minimum Gasteiger partial charge on any atom is -0.496 e. The number of carbonyl (C=O) groups is 1. The van der Waals surface area contributed by atoms with E-state index in [1.165, 1.54) is 0 Å². The molecular weight excluding hydrogens is 326 g/mol. The molecule has 0 saturated heterocycles. The van der Waals surface area contributed by atoms with Gasteiger partial charge in [0, 0.05) is 28.4 Å². The highest BCUT2D eigenvalue weighted by Gasteiger charge is 2.12. The first-order chi connectivity index (χ1) is 11.5. The molecule has 5 heteroatoms. The minimum absolute atomic E-state index is 0.195. The third kappa shape index (κ3) is 4.73. The van der Waals surface area contributed by atoms with Crippen molar-refractivity contribution in [3.05, 3.63) is 58.1 Å². The molecule has 0 aromatic heterocycles. The van der Waals surface area contributed by atoms with Crippen molar-refractivity contribution in [2.75, 3.05) is 19.0 Å². The summed E-state index contributed by atoms with van der Waals surface area (Å²) in [5, 5.41) is 3.48. The van der Waals surface area contributed by atoms with E-state index in [1.807, 2.05) is 13.0 Å². The van der Waals surface area contributed by atoms with Gasteiger partial charge in [0.2, 0.25) is 0 Å². The normalized spacial score (nSPS) is 10.5. The van der Waals surface area contributed by atoms with Crippen molar-refractivity contribution in [3.8, 4) is 5.75 Å². The van der Waals surface area contributed by atoms with Crippen molar-refractivity contribution in [1.82, 2.24) is 0 Å². The lowest BCUT2D eigenvalue weighted by Crippen LogP contribution is -2.13. The van der Waals surface area contributed by atoms with Gasteiger partial charge in [-0.3, -0.25) is 4.79 Å². The Morgan fingerprint density at radius 3 is 2.71 bits per heavy atom. The van der Waals surface area contributed by atoms with Crippen LogP contribution in [0.15, 0.2) is 36.4 Å². The summed E-state index contributed by atoms with van der Waals surface area (Å²) in [5.41, 5.74) is 3.05. The van der Waals surface area contributed by atoms with Crippen molar-refractivity contribution >= 4 is 23.2 Å². The third-order valence-electron chi connectivity index (χ3n) is 3.60. The summed E-state index contributed by atoms with van der Waals surface area (Å²) < 4.78 is 10.9. The van der Waals surface area contributed by atoms with E-state index in [2.05, 4.69) is 12.2 Å². The molecular formula is C19H22ClNO3. The van der Waals surface area contributed by atoms with Gasteiger partial charge in [-0.1, -0.05) is 24.6 Å². The second-order valence-corrected chi connectivity index (χ2v) is 5.93. The monoisotopic (exact) mass is 347 g/mol. The summed E-state index contributed by atoms with van der Waals surface area (Å²) >= 11 is 6.00. The van der Waals surface area contributed by atoms with E-state index < -0.39 is 0 Å². The summed E-state index contributed by atoms with van der Waals surface area (Å²) in [6.45, 7) is 5.05. The summed E-state index contributed by atoms with van der Waals surface area (Å²) in [4.78, 5) is 12.5. The fourth-order valence-corrected chi connectivity index (χ4v) is 2.45. The summed E-state index contributed by atoms with van der Waals surface area (Å²) in [6.07, 6.45) is 0.941. The molecule has 4 nitrogen and oxygen atoms in total. The van der Waals surface area contributed by atoms with Crippen LogP contribution in [0.3, 0.4) is 0 Å². The first-order valence-corrected chi connectivity index (χ1v) is 8.25. The number of aryl methyl sites for hydroxylation is 1. The lowest BCUT2D eigenvalue weighted by molar-refractivity contribution is 0.102. The van der Waals surface area contributed by atoms with E-state index in [4.69, 9.17) is 21.1 Å². The zero-order valence-corrected chi connectivity index (χ0v) is 14.9. The highest BCUT2D eigenvalue weighted by Crippen LogP contribution is 2.24. The average molecular weight is 348 g/mol. The molecule has 2 aromatic carbocycles. The average Bonchev–Trinajstić information content (AvgIpc) is 2.58. The Kier molecular flexibility index (Phi) is 6.64. The number of benzene rings is 2. The largest absolute Gasteiger partial charge is 0.496 e. The van der Waals surface area contributed by atoms with Gasteiger partial charge in [0.15, 0.2) is 0 Å². The van der Waals surface area contributed by atoms with Gasteiger partial charge in [-0.25, -0.2) is 0 Å². The number of methoxy groups -OCH3 is 1. The smallest absolute Gasteiger partial charge is 0.255 e. The van der Waals surface area contributed by atoms with E-state index in [9.17, 15) is 4.79 Å². The molecule has 0 fully saturated rings. The lowest BCUT2D eigenvalue weighted by atomic mass is 10.1. The first-order valence-electron chi connectivity index (χ1n) is 7.87. The van der Waals surface area contributed by atoms with Crippen LogP contribution in [0.1, 0.15) is 34.8 Å². The van der Waals surface area contributed by atoms with Gasteiger partial charge in [-0.15, -0.1) is 0 Å². The van der Waals surface area contributed by atoms with Crippen LogP contribution in [0.2, 0.25) is 5.02 Å². The highest BCUT2D eigenvalue weighted by atomic mass is 35.5. The van der Waals surface area contributed by atoms with Crippen LogP contribution >= 0.6 is 11.6 Å². The maximum atomic E-state index is 12.5. The Morgan fingerprint density at radius 2 is 2.00 bits per heavy atom. The number of halogens is 1. The second-order valence-electron chi connectivity index (χ2n) is 5.49. The van der Waals surface area contributed by atoms with Crippen LogP contribution in [-0.2, 0) is 11.3 Å². The second kappa shape index (κ2) is 8.71. The molecule has 0 saturated carbocycles. The Labute approximate surface area is 147 Å². The third-order valence-corrected chi connectivity index (χ3v) is 3.83. The fourth-order valence-electron chi connectivity index (χ4n) is 2.28. The molecule has 1 amide bonds. The van der Waals surface area contributed by atoms with Crippen LogP contribution in [0, 0.1) is 6.92 Å². The SMILES string of the molecule is CCCOCc1cc(C(=O)Nc2cc(Cl)ccc2C)ccc1OC. The number of carbonyl (C=O) groups excluding carboxylic acids is 1. The number of nitrogens with one attached hydrogen (secondary N) is 1. The molecule has 1 N–H and O–H groups in total. The molecule has 0 atom stereocenters. The Morgan fingerprint density at radius 1 is 1.21 bits per heavy atom. The van der Waals surface area contributed by atoms with Crippen molar-refractivity contribution in [3.63, 3.8) is 0 Å². The molecule has 0 aliphatic carbocycles.